The van der Waals surface area contributed by atoms with E-state index in [-0.39, 0.29) is 17.7 Å². The van der Waals surface area contributed by atoms with Crippen LogP contribution in [0.1, 0.15) is 49.8 Å². The predicted octanol–water partition coefficient (Wildman–Crippen LogP) is 9.32. The van der Waals surface area contributed by atoms with Crippen molar-refractivity contribution in [2.75, 3.05) is 58.4 Å². The highest BCUT2D eigenvalue weighted by Crippen LogP contribution is 2.48. The smallest absolute Gasteiger partial charge is 0.407 e. The molecular formula is C48H53Cl2N7O8. The van der Waals surface area contributed by atoms with Crippen molar-refractivity contribution in [3.8, 4) is 34.3 Å². The number of carbonyl (C=O) groups is 2. The normalized spacial score (nSPS) is 14.4. The first-order valence-corrected chi connectivity index (χ1v) is 21.8. The Kier molecular flexibility index (Phi) is 14.9. The second-order valence-corrected chi connectivity index (χ2v) is 17.3. The van der Waals surface area contributed by atoms with Crippen LogP contribution in [0.4, 0.5) is 16.4 Å². The molecule has 3 aromatic carbocycles. The van der Waals surface area contributed by atoms with E-state index in [0.717, 1.165) is 27.5 Å². The average Bonchev–Trinajstić information content (AvgIpc) is 3.95. The number of aromatic nitrogens is 4. The molecule has 2 atom stereocenters. The Balaban J connectivity index is 1.13. The van der Waals surface area contributed by atoms with Gasteiger partial charge in [-0.3, -0.25) is 9.48 Å². The van der Waals surface area contributed by atoms with Crippen molar-refractivity contribution >= 4 is 57.6 Å². The van der Waals surface area contributed by atoms with Crippen LogP contribution < -0.4 is 34.5 Å². The van der Waals surface area contributed by atoms with Crippen molar-refractivity contribution in [2.24, 2.45) is 5.92 Å². The maximum Gasteiger partial charge on any atom is 0.407 e. The summed E-state index contributed by atoms with van der Waals surface area (Å²) in [6.07, 6.45) is 5.66. The molecule has 15 nitrogen and oxygen atoms in total. The van der Waals surface area contributed by atoms with E-state index in [0.29, 0.717) is 102 Å². The lowest BCUT2D eigenvalue weighted by molar-refractivity contribution is -0.117. The Hall–Kier alpha value is -6.29. The van der Waals surface area contributed by atoms with Crippen molar-refractivity contribution in [1.82, 2.24) is 25.1 Å². The summed E-state index contributed by atoms with van der Waals surface area (Å²) in [5.74, 6) is 3.18. The average molecular weight is 927 g/mol. The Bertz CT molecular complexity index is 2580. The van der Waals surface area contributed by atoms with Crippen LogP contribution in [-0.2, 0) is 33.9 Å². The molecule has 2 N–H and O–H groups in total. The molecule has 7 rings (SSSR count). The van der Waals surface area contributed by atoms with Gasteiger partial charge in [-0.1, -0.05) is 29.3 Å². The van der Waals surface area contributed by atoms with E-state index in [2.05, 4.69) is 20.6 Å². The molecule has 17 heteroatoms. The molecule has 3 heterocycles. The fourth-order valence-electron chi connectivity index (χ4n) is 7.46. The summed E-state index contributed by atoms with van der Waals surface area (Å²) >= 11 is 13.7. The Morgan fingerprint density at radius 3 is 2.12 bits per heavy atom. The second kappa shape index (κ2) is 20.7. The number of ether oxygens (including phenoxy) is 6. The molecule has 6 aromatic rings. The van der Waals surface area contributed by atoms with Gasteiger partial charge in [0.05, 0.1) is 70.1 Å². The third kappa shape index (κ3) is 11.7. The minimum Gasteiger partial charge on any atom is -0.497 e. The number of benzene rings is 3. The number of nitrogens with one attached hydrogen (secondary N) is 2. The van der Waals surface area contributed by atoms with E-state index in [4.69, 9.17) is 61.6 Å². The van der Waals surface area contributed by atoms with E-state index in [1.54, 1.807) is 63.7 Å². The van der Waals surface area contributed by atoms with Gasteiger partial charge >= 0.3 is 6.09 Å². The summed E-state index contributed by atoms with van der Waals surface area (Å²) in [5.41, 5.74) is 3.25. The number of carbonyl (C=O) groups excluding carboxylic acids is 2. The van der Waals surface area contributed by atoms with Gasteiger partial charge < -0.3 is 44.0 Å². The maximum atomic E-state index is 13.7. The number of anilines is 2. The van der Waals surface area contributed by atoms with Gasteiger partial charge in [0.1, 0.15) is 40.2 Å². The number of methoxy groups -OCH3 is 4. The lowest BCUT2D eigenvalue weighted by atomic mass is 10.1. The van der Waals surface area contributed by atoms with Crippen LogP contribution in [0.5, 0.6) is 23.0 Å². The fraction of sp³-hybridized carbons (Fsp3) is 0.354. The first kappa shape index (κ1) is 46.7. The summed E-state index contributed by atoms with van der Waals surface area (Å²) in [5, 5.41) is 12.5. The summed E-state index contributed by atoms with van der Waals surface area (Å²) in [4.78, 5) is 37.7. The Labute approximate surface area is 388 Å². The van der Waals surface area contributed by atoms with Gasteiger partial charge in [-0.2, -0.15) is 5.10 Å². The molecule has 0 aliphatic heterocycles. The van der Waals surface area contributed by atoms with Gasteiger partial charge in [-0.25, -0.2) is 14.8 Å². The molecule has 65 heavy (non-hydrogen) atoms. The number of hydrogen-bond donors (Lipinski definition) is 2. The second-order valence-electron chi connectivity index (χ2n) is 16.4. The fourth-order valence-corrected chi connectivity index (χ4v) is 8.05. The van der Waals surface area contributed by atoms with Crippen LogP contribution in [0, 0.1) is 5.92 Å². The van der Waals surface area contributed by atoms with Crippen molar-refractivity contribution < 1.29 is 38.0 Å². The highest BCUT2D eigenvalue weighted by atomic mass is 35.5. The molecule has 1 fully saturated rings. The largest absolute Gasteiger partial charge is 0.497 e. The highest BCUT2D eigenvalue weighted by molar-refractivity contribution is 6.39. The monoisotopic (exact) mass is 925 g/mol. The summed E-state index contributed by atoms with van der Waals surface area (Å²) in [6.45, 7) is 7.73. The number of fused-ring (bicyclic) bond motifs is 1. The molecule has 2 unspecified atom stereocenters. The van der Waals surface area contributed by atoms with E-state index in [1.165, 1.54) is 0 Å². The number of alkyl carbamates (subject to hydrolysis) is 1. The number of rotatable bonds is 19. The number of halogens is 2. The number of amides is 2. The van der Waals surface area contributed by atoms with E-state index < -0.39 is 11.7 Å². The molecular weight excluding hydrogens is 873 g/mol. The molecule has 1 saturated carbocycles. The molecule has 0 spiro atoms. The van der Waals surface area contributed by atoms with E-state index in [9.17, 15) is 9.59 Å². The Morgan fingerprint density at radius 1 is 0.846 bits per heavy atom. The number of nitrogens with zero attached hydrogens (tertiary/aromatic N) is 5. The lowest BCUT2D eigenvalue weighted by Gasteiger charge is -2.28. The van der Waals surface area contributed by atoms with E-state index >= 15 is 0 Å². The minimum absolute atomic E-state index is 0.0198. The molecule has 342 valence electrons. The van der Waals surface area contributed by atoms with Gasteiger partial charge in [0, 0.05) is 72.2 Å². The molecule has 0 saturated heterocycles. The van der Waals surface area contributed by atoms with Crippen molar-refractivity contribution in [3.05, 3.63) is 112 Å². The predicted molar refractivity (Wildman–Crippen MR) is 251 cm³/mol. The van der Waals surface area contributed by atoms with Crippen molar-refractivity contribution in [1.29, 1.82) is 0 Å². The highest BCUT2D eigenvalue weighted by Gasteiger charge is 2.44. The molecule has 0 bridgehead atoms. The molecule has 0 radical (unpaired) electrons. The maximum absolute atomic E-state index is 13.7. The topological polar surface area (TPSA) is 160 Å². The van der Waals surface area contributed by atoms with Crippen LogP contribution in [0.3, 0.4) is 0 Å². The van der Waals surface area contributed by atoms with Crippen LogP contribution in [0.15, 0.2) is 85.3 Å². The third-order valence-electron chi connectivity index (χ3n) is 10.8. The van der Waals surface area contributed by atoms with Gasteiger partial charge in [0.2, 0.25) is 5.91 Å². The minimum atomic E-state index is -0.563. The zero-order valence-electron chi connectivity index (χ0n) is 37.4. The zero-order valence-corrected chi connectivity index (χ0v) is 39.0. The molecule has 2 amide bonds. The first-order valence-electron chi connectivity index (χ1n) is 21.1. The van der Waals surface area contributed by atoms with Crippen LogP contribution in [0.25, 0.3) is 22.0 Å². The first-order chi connectivity index (χ1) is 31.3. The SMILES string of the molecule is COc1ccc(CN(Cc2ccc(OC)cc2OC)c2nc(-c3c(Cl)cccc3Cl)cc3cc(NC(=O)C4CC4c4cnn(CCOCCNC(=O)OC(C)(C)C)c4)ncc23)c(OC)c1. The summed E-state index contributed by atoms with van der Waals surface area (Å²) in [7, 11) is 6.46. The Morgan fingerprint density at radius 2 is 1.51 bits per heavy atom. The molecule has 3 aromatic heterocycles. The third-order valence-corrected chi connectivity index (χ3v) is 11.4. The van der Waals surface area contributed by atoms with Gasteiger partial charge in [0.25, 0.3) is 0 Å². The number of hydrogen-bond acceptors (Lipinski definition) is 12. The van der Waals surface area contributed by atoms with Crippen LogP contribution >= 0.6 is 23.2 Å². The van der Waals surface area contributed by atoms with Crippen molar-refractivity contribution in [3.63, 3.8) is 0 Å². The van der Waals surface area contributed by atoms with Gasteiger partial charge in [0.15, 0.2) is 0 Å². The summed E-state index contributed by atoms with van der Waals surface area (Å²) in [6, 6.07) is 20.4. The van der Waals surface area contributed by atoms with Gasteiger partial charge in [-0.05, 0) is 92.6 Å². The van der Waals surface area contributed by atoms with Gasteiger partial charge in [-0.15, -0.1) is 0 Å². The van der Waals surface area contributed by atoms with Crippen molar-refractivity contribution in [2.45, 2.75) is 58.3 Å². The number of pyridine rings is 2. The van der Waals surface area contributed by atoms with Crippen LogP contribution in [-0.4, -0.2) is 85.5 Å². The standard InChI is InChI=1S/C48H53Cl2N7O8/c1-48(2,3)65-47(59)51-15-17-64-18-16-57-28-32(24-53-57)35-23-36(35)46(58)55-43-20-31-19-40(44-38(49)9-8-10-39(44)50)54-45(37(31)25-52-43)56(26-29-11-13-33(60-4)21-41(29)62-6)27-30-12-14-34(61-5)22-42(30)63-7/h8-14,19-22,24-25,28,35-36H,15-18,23,26-27H2,1-7H3,(H,51,59)(H,52,55,58). The molecule has 1 aliphatic rings. The lowest BCUT2D eigenvalue weighted by Crippen LogP contribution is -2.34. The van der Waals surface area contributed by atoms with E-state index in [1.807, 2.05) is 75.5 Å². The summed E-state index contributed by atoms with van der Waals surface area (Å²) < 4.78 is 35.4. The van der Waals surface area contributed by atoms with Crippen LogP contribution in [0.2, 0.25) is 10.0 Å². The molecule has 1 aliphatic carbocycles. The zero-order chi connectivity index (χ0) is 46.3. The quantitative estimate of drug-likeness (QED) is 0.0743.